The maximum Gasteiger partial charge on any atom is 0.307 e. The van der Waals surface area contributed by atoms with Crippen LogP contribution in [0, 0.1) is 6.92 Å². The fourth-order valence-electron chi connectivity index (χ4n) is 1.99. The van der Waals surface area contributed by atoms with Gasteiger partial charge in [0, 0.05) is 28.7 Å². The molecular weight excluding hydrogens is 226 g/mol. The van der Waals surface area contributed by atoms with Crippen molar-refractivity contribution in [3.63, 3.8) is 0 Å². The molecule has 1 aromatic heterocycles. The second-order valence-electron chi connectivity index (χ2n) is 3.85. The molecule has 1 aromatic carbocycles. The topological polar surface area (TPSA) is 42.2 Å². The first-order valence-corrected chi connectivity index (χ1v) is 5.33. The Hall–Kier alpha value is -1.48. The Balaban J connectivity index is 2.75. The number of hydrogen-bond donors (Lipinski definition) is 1. The Bertz CT molecular complexity index is 572. The SMILES string of the molecule is Cc1c(CC(=O)O)c2cc(Cl)ccc2n1C. The number of aliphatic carboxylic acids is 1. The van der Waals surface area contributed by atoms with Gasteiger partial charge >= 0.3 is 5.97 Å². The molecule has 0 saturated heterocycles. The van der Waals surface area contributed by atoms with E-state index >= 15 is 0 Å². The molecule has 1 N–H and O–H groups in total. The first-order valence-electron chi connectivity index (χ1n) is 4.96. The minimum atomic E-state index is -0.824. The third-order valence-electron chi connectivity index (χ3n) is 2.91. The molecule has 4 heteroatoms. The molecule has 3 nitrogen and oxygen atoms in total. The number of carbonyl (C=O) groups is 1. The molecule has 0 spiro atoms. The van der Waals surface area contributed by atoms with Gasteiger partial charge in [0.2, 0.25) is 0 Å². The van der Waals surface area contributed by atoms with E-state index in [1.54, 1.807) is 0 Å². The monoisotopic (exact) mass is 237 g/mol. The summed E-state index contributed by atoms with van der Waals surface area (Å²) >= 11 is 5.93. The summed E-state index contributed by atoms with van der Waals surface area (Å²) in [6, 6.07) is 5.55. The second-order valence-corrected chi connectivity index (χ2v) is 4.29. The largest absolute Gasteiger partial charge is 0.481 e. The summed E-state index contributed by atoms with van der Waals surface area (Å²) in [5.74, 6) is -0.824. The molecule has 84 valence electrons. The molecule has 0 radical (unpaired) electrons. The van der Waals surface area contributed by atoms with Crippen molar-refractivity contribution in [1.29, 1.82) is 0 Å². The van der Waals surface area contributed by atoms with E-state index in [2.05, 4.69) is 0 Å². The van der Waals surface area contributed by atoms with E-state index in [1.165, 1.54) is 0 Å². The fraction of sp³-hybridized carbons (Fsp3) is 0.250. The molecule has 0 amide bonds. The summed E-state index contributed by atoms with van der Waals surface area (Å²) in [5, 5.41) is 10.4. The van der Waals surface area contributed by atoms with Crippen LogP contribution in [0.4, 0.5) is 0 Å². The molecule has 0 atom stereocenters. The Morgan fingerprint density at radius 1 is 1.50 bits per heavy atom. The van der Waals surface area contributed by atoms with Gasteiger partial charge in [-0.3, -0.25) is 4.79 Å². The normalized spacial score (nSPS) is 10.9. The van der Waals surface area contributed by atoms with Gasteiger partial charge in [-0.15, -0.1) is 0 Å². The highest BCUT2D eigenvalue weighted by Crippen LogP contribution is 2.27. The standard InChI is InChI=1S/C12H12ClNO2/c1-7-9(6-12(15)16)10-5-8(13)3-4-11(10)14(7)2/h3-5H,6H2,1-2H3,(H,15,16). The van der Waals surface area contributed by atoms with Crippen LogP contribution in [0.5, 0.6) is 0 Å². The minimum absolute atomic E-state index is 0.0313. The van der Waals surface area contributed by atoms with Crippen LogP contribution in [0.25, 0.3) is 10.9 Å². The zero-order valence-electron chi connectivity index (χ0n) is 9.12. The number of fused-ring (bicyclic) bond motifs is 1. The molecular formula is C12H12ClNO2. The maximum absolute atomic E-state index is 10.8. The van der Waals surface area contributed by atoms with Crippen molar-refractivity contribution >= 4 is 28.5 Å². The summed E-state index contributed by atoms with van der Waals surface area (Å²) in [5.41, 5.74) is 2.82. The zero-order chi connectivity index (χ0) is 11.9. The van der Waals surface area contributed by atoms with Crippen molar-refractivity contribution in [2.75, 3.05) is 0 Å². The average Bonchev–Trinajstić information content (AvgIpc) is 2.43. The minimum Gasteiger partial charge on any atom is -0.481 e. The Kier molecular flexibility index (Phi) is 2.64. The number of halogens is 1. The number of aryl methyl sites for hydroxylation is 1. The van der Waals surface area contributed by atoms with Gasteiger partial charge in [0.15, 0.2) is 0 Å². The number of rotatable bonds is 2. The van der Waals surface area contributed by atoms with Gasteiger partial charge in [0.25, 0.3) is 0 Å². The van der Waals surface area contributed by atoms with Gasteiger partial charge in [-0.1, -0.05) is 11.6 Å². The number of aromatic nitrogens is 1. The van der Waals surface area contributed by atoms with Crippen LogP contribution >= 0.6 is 11.6 Å². The Morgan fingerprint density at radius 3 is 2.81 bits per heavy atom. The van der Waals surface area contributed by atoms with Crippen molar-refractivity contribution in [3.05, 3.63) is 34.5 Å². The van der Waals surface area contributed by atoms with Crippen molar-refractivity contribution < 1.29 is 9.90 Å². The van der Waals surface area contributed by atoms with E-state index in [-0.39, 0.29) is 6.42 Å². The van der Waals surface area contributed by atoms with E-state index in [4.69, 9.17) is 16.7 Å². The molecule has 16 heavy (non-hydrogen) atoms. The lowest BCUT2D eigenvalue weighted by Gasteiger charge is -1.98. The highest BCUT2D eigenvalue weighted by molar-refractivity contribution is 6.31. The summed E-state index contributed by atoms with van der Waals surface area (Å²) in [6.07, 6.45) is 0.0313. The smallest absolute Gasteiger partial charge is 0.307 e. The Morgan fingerprint density at radius 2 is 2.19 bits per heavy atom. The summed E-state index contributed by atoms with van der Waals surface area (Å²) in [7, 11) is 1.93. The van der Waals surface area contributed by atoms with E-state index < -0.39 is 5.97 Å². The maximum atomic E-state index is 10.8. The van der Waals surface area contributed by atoms with Gasteiger partial charge in [-0.05, 0) is 30.7 Å². The van der Waals surface area contributed by atoms with Crippen LogP contribution in [0.15, 0.2) is 18.2 Å². The van der Waals surface area contributed by atoms with Gasteiger partial charge in [0.05, 0.1) is 6.42 Å². The van der Waals surface area contributed by atoms with E-state index in [9.17, 15) is 4.79 Å². The third-order valence-corrected chi connectivity index (χ3v) is 3.15. The Labute approximate surface area is 98.3 Å². The van der Waals surface area contributed by atoms with E-state index in [0.717, 1.165) is 22.2 Å². The van der Waals surface area contributed by atoms with E-state index in [0.29, 0.717) is 5.02 Å². The molecule has 0 aliphatic carbocycles. The van der Waals surface area contributed by atoms with Crippen LogP contribution in [0.1, 0.15) is 11.3 Å². The summed E-state index contributed by atoms with van der Waals surface area (Å²) in [4.78, 5) is 10.8. The molecule has 0 bridgehead atoms. The molecule has 0 saturated carbocycles. The van der Waals surface area contributed by atoms with Crippen LogP contribution in [-0.4, -0.2) is 15.6 Å². The van der Waals surface area contributed by atoms with Gasteiger partial charge in [0.1, 0.15) is 0 Å². The van der Waals surface area contributed by atoms with Crippen LogP contribution in [-0.2, 0) is 18.3 Å². The molecule has 2 rings (SSSR count). The van der Waals surface area contributed by atoms with Crippen LogP contribution < -0.4 is 0 Å². The highest BCUT2D eigenvalue weighted by atomic mass is 35.5. The predicted octanol–water partition coefficient (Wildman–Crippen LogP) is 2.77. The lowest BCUT2D eigenvalue weighted by atomic mass is 10.1. The van der Waals surface area contributed by atoms with Crippen LogP contribution in [0.3, 0.4) is 0 Å². The summed E-state index contributed by atoms with van der Waals surface area (Å²) in [6.45, 7) is 1.92. The number of carboxylic acid groups (broad SMARTS) is 1. The molecule has 1 heterocycles. The lowest BCUT2D eigenvalue weighted by molar-refractivity contribution is -0.136. The number of hydrogen-bond acceptors (Lipinski definition) is 1. The van der Waals surface area contributed by atoms with E-state index in [1.807, 2.05) is 36.7 Å². The molecule has 2 aromatic rings. The fourth-order valence-corrected chi connectivity index (χ4v) is 2.17. The van der Waals surface area contributed by atoms with Crippen molar-refractivity contribution in [1.82, 2.24) is 4.57 Å². The van der Waals surface area contributed by atoms with Crippen molar-refractivity contribution in [2.45, 2.75) is 13.3 Å². The molecule has 0 aliphatic heterocycles. The quantitative estimate of drug-likeness (QED) is 0.873. The van der Waals surface area contributed by atoms with Gasteiger partial charge in [-0.25, -0.2) is 0 Å². The number of carboxylic acids is 1. The second kappa shape index (κ2) is 3.83. The highest BCUT2D eigenvalue weighted by Gasteiger charge is 2.14. The lowest BCUT2D eigenvalue weighted by Crippen LogP contribution is -2.01. The van der Waals surface area contributed by atoms with Crippen molar-refractivity contribution in [3.8, 4) is 0 Å². The van der Waals surface area contributed by atoms with Crippen molar-refractivity contribution in [2.24, 2.45) is 7.05 Å². The van der Waals surface area contributed by atoms with Gasteiger partial charge in [-0.2, -0.15) is 0 Å². The average molecular weight is 238 g/mol. The number of benzene rings is 1. The molecule has 0 fully saturated rings. The number of nitrogens with zero attached hydrogens (tertiary/aromatic N) is 1. The molecule has 0 aliphatic rings. The van der Waals surface area contributed by atoms with Gasteiger partial charge < -0.3 is 9.67 Å². The summed E-state index contributed by atoms with van der Waals surface area (Å²) < 4.78 is 1.99. The zero-order valence-corrected chi connectivity index (χ0v) is 9.88. The molecule has 0 unspecified atom stereocenters. The first kappa shape index (κ1) is 11.0. The third kappa shape index (κ3) is 1.67. The van der Waals surface area contributed by atoms with Crippen LogP contribution in [0.2, 0.25) is 5.02 Å². The predicted molar refractivity (Wildman–Crippen MR) is 64.0 cm³/mol. The first-order chi connectivity index (χ1) is 7.50.